The first-order chi connectivity index (χ1) is 8.18. The second kappa shape index (κ2) is 4.82. The molecule has 0 fully saturated rings. The van der Waals surface area contributed by atoms with Gasteiger partial charge in [0, 0.05) is 12.4 Å². The van der Waals surface area contributed by atoms with E-state index in [1.54, 1.807) is 0 Å². The number of carbonyl (C=O) groups excluding carboxylic acids is 1. The van der Waals surface area contributed by atoms with Crippen molar-refractivity contribution in [3.05, 3.63) is 42.7 Å². The van der Waals surface area contributed by atoms with Gasteiger partial charge in [-0.3, -0.25) is 0 Å². The Morgan fingerprint density at radius 1 is 1.35 bits per heavy atom. The van der Waals surface area contributed by atoms with Crippen molar-refractivity contribution in [1.29, 1.82) is 0 Å². The number of aliphatic carboxylic acids is 1. The normalized spacial score (nSPS) is 10.4. The van der Waals surface area contributed by atoms with Crippen molar-refractivity contribution in [2.75, 3.05) is 0 Å². The lowest BCUT2D eigenvalue weighted by molar-refractivity contribution is -0.659. The van der Waals surface area contributed by atoms with Crippen LogP contribution >= 0.6 is 0 Å². The van der Waals surface area contributed by atoms with Crippen LogP contribution in [0.4, 0.5) is 0 Å². The van der Waals surface area contributed by atoms with Crippen molar-refractivity contribution in [2.24, 2.45) is 7.05 Å². The van der Waals surface area contributed by atoms with Crippen molar-refractivity contribution in [2.45, 2.75) is 13.0 Å². The summed E-state index contributed by atoms with van der Waals surface area (Å²) in [6, 6.07) is 9.89. The van der Waals surface area contributed by atoms with Crippen LogP contribution < -0.4 is 9.67 Å². The SMILES string of the molecule is C[n+]1ccn(CCC(=O)[O-])c1-c1ccccc1. The summed E-state index contributed by atoms with van der Waals surface area (Å²) >= 11 is 0. The maximum atomic E-state index is 10.5. The van der Waals surface area contributed by atoms with E-state index in [0.29, 0.717) is 6.54 Å². The lowest BCUT2D eigenvalue weighted by Gasteiger charge is -2.03. The quantitative estimate of drug-likeness (QED) is 0.700. The average molecular weight is 230 g/mol. The van der Waals surface area contributed by atoms with E-state index >= 15 is 0 Å². The lowest BCUT2D eigenvalue weighted by atomic mass is 10.2. The highest BCUT2D eigenvalue weighted by molar-refractivity contribution is 5.64. The van der Waals surface area contributed by atoms with Gasteiger partial charge in [-0.1, -0.05) is 18.2 Å². The Morgan fingerprint density at radius 3 is 2.71 bits per heavy atom. The Labute approximate surface area is 99.8 Å². The topological polar surface area (TPSA) is 48.9 Å². The minimum Gasteiger partial charge on any atom is -0.550 e. The molecular weight excluding hydrogens is 216 g/mol. The first-order valence-corrected chi connectivity index (χ1v) is 5.48. The minimum absolute atomic E-state index is 0.0223. The largest absolute Gasteiger partial charge is 0.550 e. The van der Waals surface area contributed by atoms with Crippen LogP contribution in [-0.2, 0) is 18.4 Å². The van der Waals surface area contributed by atoms with Crippen LogP contribution in [0.2, 0.25) is 0 Å². The molecule has 1 heterocycles. The number of aromatic nitrogens is 2. The van der Waals surface area contributed by atoms with E-state index in [4.69, 9.17) is 0 Å². The van der Waals surface area contributed by atoms with E-state index in [0.717, 1.165) is 11.4 Å². The highest BCUT2D eigenvalue weighted by atomic mass is 16.4. The van der Waals surface area contributed by atoms with Crippen LogP contribution in [0.1, 0.15) is 6.42 Å². The van der Waals surface area contributed by atoms with Crippen LogP contribution in [0, 0.1) is 0 Å². The molecule has 0 aliphatic heterocycles. The van der Waals surface area contributed by atoms with Gasteiger partial charge in [-0.25, -0.2) is 9.13 Å². The van der Waals surface area contributed by atoms with Gasteiger partial charge in [0.1, 0.15) is 12.4 Å². The molecule has 0 bridgehead atoms. The van der Waals surface area contributed by atoms with Crippen molar-refractivity contribution in [3.8, 4) is 11.4 Å². The first kappa shape index (κ1) is 11.4. The maximum absolute atomic E-state index is 10.5. The molecule has 0 aliphatic carbocycles. The fourth-order valence-electron chi connectivity index (χ4n) is 1.87. The molecule has 0 N–H and O–H groups in total. The molecule has 2 aromatic rings. The number of imidazole rings is 1. The Bertz CT molecular complexity index is 517. The van der Waals surface area contributed by atoms with Gasteiger partial charge in [-0.15, -0.1) is 0 Å². The molecule has 0 radical (unpaired) electrons. The predicted octanol–water partition coefficient (Wildman–Crippen LogP) is 0.120. The fourth-order valence-corrected chi connectivity index (χ4v) is 1.87. The summed E-state index contributed by atoms with van der Waals surface area (Å²) in [5, 5.41) is 10.5. The Morgan fingerprint density at radius 2 is 2.06 bits per heavy atom. The van der Waals surface area contributed by atoms with Crippen LogP contribution in [0.15, 0.2) is 42.7 Å². The number of hydrogen-bond donors (Lipinski definition) is 0. The Kier molecular flexibility index (Phi) is 3.23. The molecule has 0 amide bonds. The highest BCUT2D eigenvalue weighted by Gasteiger charge is 2.15. The zero-order valence-electron chi connectivity index (χ0n) is 9.67. The van der Waals surface area contributed by atoms with Crippen LogP contribution in [0.25, 0.3) is 11.4 Å². The second-order valence-corrected chi connectivity index (χ2v) is 3.91. The molecule has 88 valence electrons. The minimum atomic E-state index is -1.03. The third-order valence-corrected chi connectivity index (χ3v) is 2.67. The molecule has 4 heteroatoms. The van der Waals surface area contributed by atoms with Gasteiger partial charge in [0.05, 0.1) is 19.2 Å². The molecule has 0 unspecified atom stereocenters. The average Bonchev–Trinajstić information content (AvgIpc) is 2.69. The molecule has 0 aliphatic rings. The van der Waals surface area contributed by atoms with Gasteiger partial charge in [0.2, 0.25) is 0 Å². The number of rotatable bonds is 4. The van der Waals surface area contributed by atoms with Crippen molar-refractivity contribution in [1.82, 2.24) is 4.57 Å². The third-order valence-electron chi connectivity index (χ3n) is 2.67. The standard InChI is InChI=1S/C13H14N2O2/c1-14-9-10-15(8-7-12(16)17)13(14)11-5-3-2-4-6-11/h2-6,9-10H,7-8H2,1H3. The van der Waals surface area contributed by atoms with Gasteiger partial charge in [0.15, 0.2) is 0 Å². The van der Waals surface area contributed by atoms with Crippen LogP contribution in [0.5, 0.6) is 0 Å². The molecule has 2 rings (SSSR count). The zero-order valence-corrected chi connectivity index (χ0v) is 9.67. The summed E-state index contributed by atoms with van der Waals surface area (Å²) in [6.07, 6.45) is 3.82. The Balaban J connectivity index is 2.33. The number of nitrogens with zero attached hydrogens (tertiary/aromatic N) is 2. The van der Waals surface area contributed by atoms with E-state index in [2.05, 4.69) is 0 Å². The first-order valence-electron chi connectivity index (χ1n) is 5.48. The van der Waals surface area contributed by atoms with E-state index in [1.165, 1.54) is 0 Å². The molecular formula is C13H14N2O2. The summed E-state index contributed by atoms with van der Waals surface area (Å²) in [7, 11) is 1.94. The molecule has 17 heavy (non-hydrogen) atoms. The number of carboxylic acid groups (broad SMARTS) is 1. The molecule has 0 saturated carbocycles. The van der Waals surface area contributed by atoms with Gasteiger partial charge in [0.25, 0.3) is 5.82 Å². The summed E-state index contributed by atoms with van der Waals surface area (Å²) in [6.45, 7) is 0.424. The number of hydrogen-bond acceptors (Lipinski definition) is 2. The van der Waals surface area contributed by atoms with Gasteiger partial charge in [-0.05, 0) is 12.1 Å². The van der Waals surface area contributed by atoms with E-state index < -0.39 is 5.97 Å². The highest BCUT2D eigenvalue weighted by Crippen LogP contribution is 2.15. The zero-order chi connectivity index (χ0) is 12.3. The summed E-state index contributed by atoms with van der Waals surface area (Å²) in [5.74, 6) is -0.0350. The van der Waals surface area contributed by atoms with Gasteiger partial charge in [-0.2, -0.15) is 0 Å². The van der Waals surface area contributed by atoms with E-state index in [-0.39, 0.29) is 6.42 Å². The molecule has 4 nitrogen and oxygen atoms in total. The second-order valence-electron chi connectivity index (χ2n) is 3.91. The van der Waals surface area contributed by atoms with Gasteiger partial charge >= 0.3 is 0 Å². The molecule has 1 aromatic carbocycles. The van der Waals surface area contributed by atoms with Gasteiger partial charge < -0.3 is 9.90 Å². The summed E-state index contributed by atoms with van der Waals surface area (Å²) in [4.78, 5) is 10.5. The maximum Gasteiger partial charge on any atom is 0.288 e. The predicted molar refractivity (Wildman–Crippen MR) is 60.7 cm³/mol. The summed E-state index contributed by atoms with van der Waals surface area (Å²) < 4.78 is 3.90. The van der Waals surface area contributed by atoms with Crippen molar-refractivity contribution in [3.63, 3.8) is 0 Å². The van der Waals surface area contributed by atoms with Crippen LogP contribution in [-0.4, -0.2) is 10.5 Å². The number of aryl methyl sites for hydroxylation is 2. The third kappa shape index (κ3) is 2.53. The Hall–Kier alpha value is -2.10. The van der Waals surface area contributed by atoms with Crippen molar-refractivity contribution < 1.29 is 14.5 Å². The molecule has 1 aromatic heterocycles. The fraction of sp³-hybridized carbons (Fsp3) is 0.231. The van der Waals surface area contributed by atoms with Crippen molar-refractivity contribution >= 4 is 5.97 Å². The van der Waals surface area contributed by atoms with E-state index in [9.17, 15) is 9.90 Å². The monoisotopic (exact) mass is 230 g/mol. The lowest BCUT2D eigenvalue weighted by Crippen LogP contribution is -2.30. The smallest absolute Gasteiger partial charge is 0.288 e. The molecule has 0 saturated heterocycles. The summed E-state index contributed by atoms with van der Waals surface area (Å²) in [5.41, 5.74) is 1.07. The number of benzene rings is 1. The molecule has 0 spiro atoms. The van der Waals surface area contributed by atoms with Crippen LogP contribution in [0.3, 0.4) is 0 Å². The number of carboxylic acids is 1. The number of carbonyl (C=O) groups is 1. The van der Waals surface area contributed by atoms with E-state index in [1.807, 2.05) is 58.9 Å². The molecule has 0 atom stereocenters.